The summed E-state index contributed by atoms with van der Waals surface area (Å²) in [6.07, 6.45) is 5.73. The van der Waals surface area contributed by atoms with Crippen LogP contribution in [-0.2, 0) is 0 Å². The van der Waals surface area contributed by atoms with Gasteiger partial charge in [0, 0.05) is 49.7 Å². The average molecular weight is 421 g/mol. The molecule has 0 radical (unpaired) electrons. The normalized spacial score (nSPS) is 19.2. The molecule has 1 heterocycles. The number of hydrogen-bond acceptors (Lipinski definition) is 4. The number of nitrogens with one attached hydrogen (secondary N) is 2. The molecule has 0 atom stereocenters. The molecule has 0 spiro atoms. The van der Waals surface area contributed by atoms with Crippen molar-refractivity contribution in [1.29, 1.82) is 0 Å². The first kappa shape index (κ1) is 20.7. The largest absolute Gasteiger partial charge is 0.377 e. The van der Waals surface area contributed by atoms with Gasteiger partial charge in [0.05, 0.1) is 10.0 Å². The summed E-state index contributed by atoms with van der Waals surface area (Å²) in [5.74, 6) is 0.795. The third-order valence-electron chi connectivity index (χ3n) is 5.15. The Kier molecular flexibility index (Phi) is 6.68. The first-order valence-electron chi connectivity index (χ1n) is 9.50. The summed E-state index contributed by atoms with van der Waals surface area (Å²) in [5.41, 5.74) is 2.86. The quantitative estimate of drug-likeness (QED) is 0.720. The van der Waals surface area contributed by atoms with Crippen molar-refractivity contribution < 1.29 is 4.79 Å². The van der Waals surface area contributed by atoms with E-state index in [-0.39, 0.29) is 11.9 Å². The number of halogens is 2. The molecule has 28 heavy (non-hydrogen) atoms. The van der Waals surface area contributed by atoms with Crippen molar-refractivity contribution in [3.63, 3.8) is 0 Å². The molecule has 1 aliphatic rings. The second kappa shape index (κ2) is 9.01. The number of carbonyl (C=O) groups is 1. The van der Waals surface area contributed by atoms with Gasteiger partial charge in [0.2, 0.25) is 0 Å². The molecule has 1 fully saturated rings. The van der Waals surface area contributed by atoms with Gasteiger partial charge in [-0.2, -0.15) is 0 Å². The number of anilines is 2. The molecular formula is C21H26Cl2N4O. The van der Waals surface area contributed by atoms with E-state index in [9.17, 15) is 4.79 Å². The molecule has 0 bridgehead atoms. The van der Waals surface area contributed by atoms with Crippen LogP contribution in [0.5, 0.6) is 0 Å². The molecule has 1 aromatic heterocycles. The van der Waals surface area contributed by atoms with Gasteiger partial charge >= 0.3 is 0 Å². The Morgan fingerprint density at radius 1 is 1.07 bits per heavy atom. The first-order chi connectivity index (χ1) is 13.3. The number of rotatable bonds is 5. The number of amides is 1. The second-order valence-electron chi connectivity index (χ2n) is 7.55. The fraction of sp³-hybridized carbons (Fsp3) is 0.429. The Balaban J connectivity index is 1.52. The summed E-state index contributed by atoms with van der Waals surface area (Å²) in [5, 5.41) is 7.49. The number of nitrogens with zero attached hydrogens (tertiary/aromatic N) is 2. The molecule has 1 aliphatic carbocycles. The van der Waals surface area contributed by atoms with Gasteiger partial charge in [-0.1, -0.05) is 23.2 Å². The summed E-state index contributed by atoms with van der Waals surface area (Å²) >= 11 is 11.9. The highest BCUT2D eigenvalue weighted by molar-refractivity contribution is 6.42. The first-order valence-corrected chi connectivity index (χ1v) is 10.3. The monoisotopic (exact) mass is 420 g/mol. The van der Waals surface area contributed by atoms with Gasteiger partial charge in [0.1, 0.15) is 5.82 Å². The van der Waals surface area contributed by atoms with Gasteiger partial charge in [-0.15, -0.1) is 0 Å². The summed E-state index contributed by atoms with van der Waals surface area (Å²) in [4.78, 5) is 19.0. The molecule has 1 amide bonds. The van der Waals surface area contributed by atoms with Crippen LogP contribution in [0.1, 0.15) is 41.6 Å². The zero-order chi connectivity index (χ0) is 20.3. The minimum Gasteiger partial charge on any atom is -0.377 e. The van der Waals surface area contributed by atoms with Crippen LogP contribution in [0.15, 0.2) is 30.5 Å². The highest BCUT2D eigenvalue weighted by atomic mass is 35.5. The van der Waals surface area contributed by atoms with E-state index >= 15 is 0 Å². The minimum absolute atomic E-state index is 0.106. The number of carbonyl (C=O) groups excluding carboxylic acids is 1. The zero-order valence-electron chi connectivity index (χ0n) is 16.4. The molecule has 3 rings (SSSR count). The molecule has 1 aromatic carbocycles. The molecule has 2 N–H and O–H groups in total. The van der Waals surface area contributed by atoms with Crippen molar-refractivity contribution in [2.45, 2.75) is 44.7 Å². The standard InChI is InChI=1S/C21H26Cl2N4O/c1-13-12-24-20(11-19(13)27(2)3)25-15-5-7-16(8-6-15)26-21(28)14-4-9-17(22)18(23)10-14/h4,9-12,15-16H,5-8H2,1-3H3,(H,24,25)(H,26,28). The van der Waals surface area contributed by atoms with Gasteiger partial charge in [-0.05, 0) is 56.4 Å². The van der Waals surface area contributed by atoms with Crippen molar-refractivity contribution in [1.82, 2.24) is 10.3 Å². The van der Waals surface area contributed by atoms with Crippen molar-refractivity contribution in [3.05, 3.63) is 51.6 Å². The average Bonchev–Trinajstić information content (AvgIpc) is 2.66. The van der Waals surface area contributed by atoms with Gasteiger partial charge in [0.15, 0.2) is 0 Å². The Hall–Kier alpha value is -1.98. The molecule has 1 saturated carbocycles. The maximum absolute atomic E-state index is 12.4. The van der Waals surface area contributed by atoms with Gasteiger partial charge in [0.25, 0.3) is 5.91 Å². The van der Waals surface area contributed by atoms with Crippen molar-refractivity contribution in [2.24, 2.45) is 0 Å². The summed E-state index contributed by atoms with van der Waals surface area (Å²) < 4.78 is 0. The number of aromatic nitrogens is 1. The van der Waals surface area contributed by atoms with Crippen LogP contribution in [-0.4, -0.2) is 37.1 Å². The van der Waals surface area contributed by atoms with Crippen LogP contribution in [0.2, 0.25) is 10.0 Å². The van der Waals surface area contributed by atoms with E-state index in [0.717, 1.165) is 37.1 Å². The Bertz CT molecular complexity index is 848. The smallest absolute Gasteiger partial charge is 0.251 e. The summed E-state index contributed by atoms with van der Waals surface area (Å²) in [6, 6.07) is 7.58. The van der Waals surface area contributed by atoms with E-state index in [0.29, 0.717) is 21.7 Å². The molecule has 2 aromatic rings. The third kappa shape index (κ3) is 5.09. The summed E-state index contributed by atoms with van der Waals surface area (Å²) in [7, 11) is 4.07. The van der Waals surface area contributed by atoms with Crippen molar-refractivity contribution in [3.8, 4) is 0 Å². The van der Waals surface area contributed by atoms with E-state index in [1.54, 1.807) is 18.2 Å². The highest BCUT2D eigenvalue weighted by Crippen LogP contribution is 2.26. The Morgan fingerprint density at radius 3 is 2.39 bits per heavy atom. The molecule has 7 heteroatoms. The predicted molar refractivity (Wildman–Crippen MR) is 117 cm³/mol. The van der Waals surface area contributed by atoms with Gasteiger partial charge in [-0.25, -0.2) is 4.98 Å². The molecular weight excluding hydrogens is 395 g/mol. The van der Waals surface area contributed by atoms with Crippen LogP contribution in [0.4, 0.5) is 11.5 Å². The number of aryl methyl sites for hydroxylation is 1. The Labute approximate surface area is 176 Å². The van der Waals surface area contributed by atoms with Crippen LogP contribution < -0.4 is 15.5 Å². The fourth-order valence-corrected chi connectivity index (χ4v) is 3.87. The van der Waals surface area contributed by atoms with Crippen LogP contribution in [0.25, 0.3) is 0 Å². The highest BCUT2D eigenvalue weighted by Gasteiger charge is 2.23. The number of hydrogen-bond donors (Lipinski definition) is 2. The van der Waals surface area contributed by atoms with Gasteiger partial charge < -0.3 is 15.5 Å². The minimum atomic E-state index is -0.106. The maximum Gasteiger partial charge on any atom is 0.251 e. The van der Waals surface area contributed by atoms with E-state index in [4.69, 9.17) is 23.2 Å². The summed E-state index contributed by atoms with van der Waals surface area (Å²) in [6.45, 7) is 2.06. The number of benzene rings is 1. The fourth-order valence-electron chi connectivity index (χ4n) is 3.57. The van der Waals surface area contributed by atoms with Crippen LogP contribution >= 0.6 is 23.2 Å². The van der Waals surface area contributed by atoms with E-state index < -0.39 is 0 Å². The zero-order valence-corrected chi connectivity index (χ0v) is 17.9. The molecule has 0 unspecified atom stereocenters. The molecule has 5 nitrogen and oxygen atoms in total. The van der Waals surface area contributed by atoms with E-state index in [1.807, 2.05) is 20.3 Å². The molecule has 0 saturated heterocycles. The van der Waals surface area contributed by atoms with Crippen LogP contribution in [0.3, 0.4) is 0 Å². The van der Waals surface area contributed by atoms with E-state index in [2.05, 4.69) is 33.5 Å². The molecule has 0 aliphatic heterocycles. The lowest BCUT2D eigenvalue weighted by Gasteiger charge is -2.30. The van der Waals surface area contributed by atoms with Crippen molar-refractivity contribution >= 4 is 40.6 Å². The van der Waals surface area contributed by atoms with Crippen LogP contribution in [0, 0.1) is 6.92 Å². The molecule has 150 valence electrons. The lowest BCUT2D eigenvalue weighted by molar-refractivity contribution is 0.0926. The van der Waals surface area contributed by atoms with Gasteiger partial charge in [-0.3, -0.25) is 4.79 Å². The lowest BCUT2D eigenvalue weighted by atomic mass is 9.91. The maximum atomic E-state index is 12.4. The Morgan fingerprint density at radius 2 is 1.75 bits per heavy atom. The second-order valence-corrected chi connectivity index (χ2v) is 8.36. The number of pyridine rings is 1. The lowest BCUT2D eigenvalue weighted by Crippen LogP contribution is -2.40. The topological polar surface area (TPSA) is 57.3 Å². The van der Waals surface area contributed by atoms with E-state index in [1.165, 1.54) is 5.69 Å². The third-order valence-corrected chi connectivity index (χ3v) is 5.89. The van der Waals surface area contributed by atoms with Crippen molar-refractivity contribution in [2.75, 3.05) is 24.3 Å². The predicted octanol–water partition coefficient (Wildman–Crippen LogP) is 4.92. The SMILES string of the molecule is Cc1cnc(NC2CCC(NC(=O)c3ccc(Cl)c(Cl)c3)CC2)cc1N(C)C.